The van der Waals surface area contributed by atoms with Gasteiger partial charge in [-0.3, -0.25) is 0 Å². The van der Waals surface area contributed by atoms with E-state index in [2.05, 4.69) is 20.8 Å². The highest BCUT2D eigenvalue weighted by Gasteiger charge is 2.24. The molecule has 2 atom stereocenters. The molecule has 2 unspecified atom stereocenters. The minimum atomic E-state index is 0.965. The Morgan fingerprint density at radius 1 is 0.727 bits per heavy atom. The fourth-order valence-corrected chi connectivity index (χ4v) is 4.53. The van der Waals surface area contributed by atoms with Gasteiger partial charge in [0.25, 0.3) is 0 Å². The zero-order chi connectivity index (χ0) is 16.0. The Kier molecular flexibility index (Phi) is 12.2. The van der Waals surface area contributed by atoms with Crippen LogP contribution >= 0.6 is 0 Å². The van der Waals surface area contributed by atoms with E-state index in [1.165, 1.54) is 89.9 Å². The van der Waals surface area contributed by atoms with Crippen molar-refractivity contribution in [3.8, 4) is 0 Å². The molecule has 0 nitrogen and oxygen atoms in total. The van der Waals surface area contributed by atoms with E-state index in [1.54, 1.807) is 12.8 Å². The van der Waals surface area contributed by atoms with E-state index in [1.807, 2.05) is 0 Å². The van der Waals surface area contributed by atoms with Crippen molar-refractivity contribution in [3.05, 3.63) is 0 Å². The highest BCUT2D eigenvalue weighted by molar-refractivity contribution is 4.76. The summed E-state index contributed by atoms with van der Waals surface area (Å²) in [6, 6.07) is 0. The molecule has 132 valence electrons. The molecule has 1 aliphatic carbocycles. The summed E-state index contributed by atoms with van der Waals surface area (Å²) in [7, 11) is 0. The Hall–Kier alpha value is 0. The number of unbranched alkanes of at least 4 members (excludes halogenated alkanes) is 6. The molecule has 0 heteroatoms. The van der Waals surface area contributed by atoms with E-state index < -0.39 is 0 Å². The molecule has 1 fully saturated rings. The van der Waals surface area contributed by atoms with Crippen LogP contribution in [-0.4, -0.2) is 0 Å². The van der Waals surface area contributed by atoms with Crippen LogP contribution in [0.1, 0.15) is 124 Å². The molecule has 0 saturated heterocycles. The van der Waals surface area contributed by atoms with Gasteiger partial charge in [-0.2, -0.15) is 0 Å². The predicted octanol–water partition coefficient (Wildman–Crippen LogP) is 8.15. The van der Waals surface area contributed by atoms with Crippen LogP contribution in [0.25, 0.3) is 0 Å². The Bertz CT molecular complexity index is 226. The molecular formula is C22H44. The van der Waals surface area contributed by atoms with E-state index in [4.69, 9.17) is 0 Å². The molecule has 0 radical (unpaired) electrons. The third-order valence-electron chi connectivity index (χ3n) is 6.00. The summed E-state index contributed by atoms with van der Waals surface area (Å²) in [5, 5.41) is 0. The molecular weight excluding hydrogens is 264 g/mol. The van der Waals surface area contributed by atoms with Gasteiger partial charge in [-0.05, 0) is 24.2 Å². The smallest absolute Gasteiger partial charge is 0.0383 e. The first kappa shape index (κ1) is 20.0. The fraction of sp³-hybridized carbons (Fsp3) is 1.00. The summed E-state index contributed by atoms with van der Waals surface area (Å²) in [6.07, 6.45) is 23.7. The van der Waals surface area contributed by atoms with Crippen LogP contribution in [0.5, 0.6) is 0 Å². The quantitative estimate of drug-likeness (QED) is 0.301. The van der Waals surface area contributed by atoms with Crippen molar-refractivity contribution >= 4 is 0 Å². The molecule has 22 heavy (non-hydrogen) atoms. The average molecular weight is 309 g/mol. The van der Waals surface area contributed by atoms with E-state index in [0.29, 0.717) is 0 Å². The maximum atomic E-state index is 2.52. The Labute approximate surface area is 141 Å². The highest BCUT2D eigenvalue weighted by Crippen LogP contribution is 2.37. The molecule has 1 rings (SSSR count). The lowest BCUT2D eigenvalue weighted by atomic mass is 9.74. The lowest BCUT2D eigenvalue weighted by molar-refractivity contribution is 0.194. The van der Waals surface area contributed by atoms with Gasteiger partial charge in [0, 0.05) is 0 Å². The fourth-order valence-electron chi connectivity index (χ4n) is 4.53. The van der Waals surface area contributed by atoms with Crippen LogP contribution < -0.4 is 0 Å². The van der Waals surface area contributed by atoms with Crippen molar-refractivity contribution < 1.29 is 0 Å². The molecule has 0 N–H and O–H groups in total. The summed E-state index contributed by atoms with van der Waals surface area (Å²) in [4.78, 5) is 0. The largest absolute Gasteiger partial charge is 0.0654 e. The first-order valence-corrected chi connectivity index (χ1v) is 10.8. The SMILES string of the molecule is CCCCCCCCC(CC(C)CCCC)C1CCCCC1. The van der Waals surface area contributed by atoms with Gasteiger partial charge in [-0.15, -0.1) is 0 Å². The third-order valence-corrected chi connectivity index (χ3v) is 6.00. The molecule has 0 bridgehead atoms. The molecule has 1 saturated carbocycles. The van der Waals surface area contributed by atoms with Gasteiger partial charge >= 0.3 is 0 Å². The minimum Gasteiger partial charge on any atom is -0.0654 e. The monoisotopic (exact) mass is 308 g/mol. The normalized spacial score (nSPS) is 19.2. The van der Waals surface area contributed by atoms with Crippen LogP contribution in [-0.2, 0) is 0 Å². The first-order valence-electron chi connectivity index (χ1n) is 10.8. The van der Waals surface area contributed by atoms with E-state index in [0.717, 1.165) is 17.8 Å². The van der Waals surface area contributed by atoms with E-state index in [-0.39, 0.29) is 0 Å². The second kappa shape index (κ2) is 13.4. The van der Waals surface area contributed by atoms with Crippen molar-refractivity contribution in [2.24, 2.45) is 17.8 Å². The van der Waals surface area contributed by atoms with Crippen LogP contribution in [0, 0.1) is 17.8 Å². The molecule has 0 spiro atoms. The van der Waals surface area contributed by atoms with Crippen molar-refractivity contribution in [2.75, 3.05) is 0 Å². The van der Waals surface area contributed by atoms with Crippen molar-refractivity contribution in [2.45, 2.75) is 124 Å². The lowest BCUT2D eigenvalue weighted by Gasteiger charge is -2.32. The highest BCUT2D eigenvalue weighted by atomic mass is 14.3. The maximum Gasteiger partial charge on any atom is -0.0383 e. The zero-order valence-corrected chi connectivity index (χ0v) is 16.0. The zero-order valence-electron chi connectivity index (χ0n) is 16.0. The van der Waals surface area contributed by atoms with Gasteiger partial charge in [0.2, 0.25) is 0 Å². The maximum absolute atomic E-state index is 2.52. The molecule has 0 aromatic rings. The van der Waals surface area contributed by atoms with Crippen molar-refractivity contribution in [1.82, 2.24) is 0 Å². The molecule has 0 aromatic heterocycles. The predicted molar refractivity (Wildman–Crippen MR) is 101 cm³/mol. The summed E-state index contributed by atoms with van der Waals surface area (Å²) >= 11 is 0. The van der Waals surface area contributed by atoms with Gasteiger partial charge in [-0.25, -0.2) is 0 Å². The van der Waals surface area contributed by atoms with Gasteiger partial charge in [0.05, 0.1) is 0 Å². The topological polar surface area (TPSA) is 0 Å². The van der Waals surface area contributed by atoms with E-state index >= 15 is 0 Å². The van der Waals surface area contributed by atoms with Gasteiger partial charge in [-0.1, -0.05) is 117 Å². The molecule has 0 amide bonds. The summed E-state index contributed by atoms with van der Waals surface area (Å²) in [5.74, 6) is 3.10. The summed E-state index contributed by atoms with van der Waals surface area (Å²) in [6.45, 7) is 7.17. The minimum absolute atomic E-state index is 0.965. The first-order chi connectivity index (χ1) is 10.8. The number of hydrogen-bond acceptors (Lipinski definition) is 0. The van der Waals surface area contributed by atoms with Crippen LogP contribution in [0.2, 0.25) is 0 Å². The van der Waals surface area contributed by atoms with Crippen molar-refractivity contribution in [1.29, 1.82) is 0 Å². The standard InChI is InChI=1S/C22H44/c1-4-6-8-9-10-12-18-22(19-20(3)15-7-5-2)21-16-13-11-14-17-21/h20-22H,4-19H2,1-3H3. The van der Waals surface area contributed by atoms with Crippen LogP contribution in [0.15, 0.2) is 0 Å². The van der Waals surface area contributed by atoms with Crippen LogP contribution in [0.4, 0.5) is 0 Å². The second-order valence-corrected chi connectivity index (χ2v) is 8.20. The lowest BCUT2D eigenvalue weighted by Crippen LogP contribution is -2.20. The Balaban J connectivity index is 2.30. The molecule has 1 aliphatic rings. The van der Waals surface area contributed by atoms with Gasteiger partial charge in [0.1, 0.15) is 0 Å². The Morgan fingerprint density at radius 2 is 1.36 bits per heavy atom. The van der Waals surface area contributed by atoms with Gasteiger partial charge < -0.3 is 0 Å². The average Bonchev–Trinajstić information content (AvgIpc) is 2.55. The van der Waals surface area contributed by atoms with Crippen LogP contribution in [0.3, 0.4) is 0 Å². The van der Waals surface area contributed by atoms with Gasteiger partial charge in [0.15, 0.2) is 0 Å². The summed E-state index contributed by atoms with van der Waals surface area (Å²) < 4.78 is 0. The van der Waals surface area contributed by atoms with E-state index in [9.17, 15) is 0 Å². The molecule has 0 aliphatic heterocycles. The number of rotatable bonds is 13. The molecule has 0 aromatic carbocycles. The molecule has 0 heterocycles. The third kappa shape index (κ3) is 9.21. The second-order valence-electron chi connectivity index (χ2n) is 8.20. The van der Waals surface area contributed by atoms with Crippen molar-refractivity contribution in [3.63, 3.8) is 0 Å². The Morgan fingerprint density at radius 3 is 2.05 bits per heavy atom. The number of hydrogen-bond donors (Lipinski definition) is 0. The summed E-state index contributed by atoms with van der Waals surface area (Å²) in [5.41, 5.74) is 0.